The number of para-hydroxylation sites is 1. The molecule has 1 saturated heterocycles. The fourth-order valence-electron chi connectivity index (χ4n) is 4.33. The number of benzene rings is 2. The number of phenols is 1. The lowest BCUT2D eigenvalue weighted by Crippen LogP contribution is -2.39. The van der Waals surface area contributed by atoms with Crippen LogP contribution in [-0.4, -0.2) is 42.8 Å². The number of methoxy groups -OCH3 is 1. The quantitative estimate of drug-likeness (QED) is 0.584. The Morgan fingerprint density at radius 2 is 2.03 bits per heavy atom. The normalized spacial score (nSPS) is 16.8. The predicted molar refractivity (Wildman–Crippen MR) is 121 cm³/mol. The van der Waals surface area contributed by atoms with Crippen LogP contribution >= 0.6 is 0 Å². The molecule has 2 heterocycles. The zero-order valence-corrected chi connectivity index (χ0v) is 18.3. The van der Waals surface area contributed by atoms with Gasteiger partial charge < -0.3 is 19.0 Å². The van der Waals surface area contributed by atoms with Crippen molar-refractivity contribution in [3.8, 4) is 22.6 Å². The first-order valence-corrected chi connectivity index (χ1v) is 10.8. The zero-order valence-electron chi connectivity index (χ0n) is 18.3. The van der Waals surface area contributed by atoms with Gasteiger partial charge in [0.1, 0.15) is 23.3 Å². The number of likely N-dealkylation sites (tertiary alicyclic amines) is 1. The summed E-state index contributed by atoms with van der Waals surface area (Å²) in [6, 6.07) is 10.4. The number of carbonyl (C=O) groups is 1. The fourth-order valence-corrected chi connectivity index (χ4v) is 4.33. The van der Waals surface area contributed by atoms with Gasteiger partial charge >= 0.3 is 5.97 Å². The summed E-state index contributed by atoms with van der Waals surface area (Å²) in [5, 5.41) is 10.9. The highest BCUT2D eigenvalue weighted by molar-refractivity contribution is 5.86. The molecule has 1 aliphatic rings. The highest BCUT2D eigenvalue weighted by Crippen LogP contribution is 2.33. The Morgan fingerprint density at radius 1 is 1.22 bits per heavy atom. The number of piperidine rings is 1. The molecule has 1 N–H and O–H groups in total. The highest BCUT2D eigenvalue weighted by atomic mass is 16.5. The van der Waals surface area contributed by atoms with Gasteiger partial charge in [-0.25, -0.2) is 0 Å². The summed E-state index contributed by atoms with van der Waals surface area (Å²) in [7, 11) is 1.56. The monoisotopic (exact) mass is 437 g/mol. The Labute approximate surface area is 186 Å². The van der Waals surface area contributed by atoms with Crippen LogP contribution in [0.15, 0.2) is 51.9 Å². The summed E-state index contributed by atoms with van der Waals surface area (Å²) in [4.78, 5) is 27.6. The maximum atomic E-state index is 13.3. The number of carbonyl (C=O) groups excluding carboxylic acids is 1. The van der Waals surface area contributed by atoms with E-state index in [9.17, 15) is 14.7 Å². The molecule has 1 aromatic heterocycles. The molecule has 4 rings (SSSR count). The van der Waals surface area contributed by atoms with Crippen molar-refractivity contribution in [3.05, 3.63) is 58.4 Å². The van der Waals surface area contributed by atoms with Gasteiger partial charge in [0.25, 0.3) is 0 Å². The van der Waals surface area contributed by atoms with Crippen molar-refractivity contribution in [1.82, 2.24) is 4.90 Å². The minimum Gasteiger partial charge on any atom is -0.507 e. The lowest BCUT2D eigenvalue weighted by Gasteiger charge is -2.31. The molecule has 0 saturated carbocycles. The SMILES string of the molecule is CCOC(=O)C1CCCN(Cc2c(O)ccc3c(=O)c(-c4ccccc4OC)coc23)C1. The number of ether oxygens (including phenoxy) is 2. The van der Waals surface area contributed by atoms with Gasteiger partial charge in [-0.05, 0) is 44.5 Å². The van der Waals surface area contributed by atoms with Crippen LogP contribution in [0.2, 0.25) is 0 Å². The molecule has 168 valence electrons. The molecule has 2 aromatic carbocycles. The molecular weight excluding hydrogens is 410 g/mol. The molecular formula is C25H27NO6. The standard InChI is InChI=1S/C25H27NO6/c1-3-31-25(29)16-7-6-12-26(13-16)14-19-21(27)11-10-18-23(28)20(15-32-24(18)19)17-8-4-5-9-22(17)30-2/h4-5,8-11,15-16,27H,3,6-7,12-14H2,1-2H3. The van der Waals surface area contributed by atoms with Crippen molar-refractivity contribution in [1.29, 1.82) is 0 Å². The number of nitrogens with zero attached hydrogens (tertiary/aromatic N) is 1. The molecule has 32 heavy (non-hydrogen) atoms. The summed E-state index contributed by atoms with van der Waals surface area (Å²) in [5.74, 6) is 0.262. The van der Waals surface area contributed by atoms with Crippen LogP contribution in [0, 0.1) is 5.92 Å². The Kier molecular flexibility index (Phi) is 6.46. The van der Waals surface area contributed by atoms with Crippen LogP contribution in [-0.2, 0) is 16.1 Å². The second-order valence-electron chi connectivity index (χ2n) is 7.95. The van der Waals surface area contributed by atoms with Crippen LogP contribution < -0.4 is 10.2 Å². The Morgan fingerprint density at radius 3 is 2.81 bits per heavy atom. The topological polar surface area (TPSA) is 89.2 Å². The first kappa shape index (κ1) is 21.9. The number of rotatable bonds is 6. The Hall–Kier alpha value is -3.32. The number of hydrogen-bond acceptors (Lipinski definition) is 7. The molecule has 1 aliphatic heterocycles. The predicted octanol–water partition coefficient (Wildman–Crippen LogP) is 3.95. The van der Waals surface area contributed by atoms with Gasteiger partial charge in [-0.1, -0.05) is 18.2 Å². The fraction of sp³-hybridized carbons (Fsp3) is 0.360. The van der Waals surface area contributed by atoms with E-state index >= 15 is 0 Å². The minimum absolute atomic E-state index is 0.0592. The van der Waals surface area contributed by atoms with E-state index in [1.54, 1.807) is 26.2 Å². The van der Waals surface area contributed by atoms with Crippen LogP contribution in [0.5, 0.6) is 11.5 Å². The van der Waals surface area contributed by atoms with E-state index < -0.39 is 0 Å². The summed E-state index contributed by atoms with van der Waals surface area (Å²) in [6.07, 6.45) is 3.06. The highest BCUT2D eigenvalue weighted by Gasteiger charge is 2.28. The molecule has 0 spiro atoms. The van der Waals surface area contributed by atoms with Crippen molar-refractivity contribution in [3.63, 3.8) is 0 Å². The molecule has 0 amide bonds. The van der Waals surface area contributed by atoms with Crippen molar-refractivity contribution in [2.45, 2.75) is 26.3 Å². The molecule has 0 aliphatic carbocycles. The summed E-state index contributed by atoms with van der Waals surface area (Å²) < 4.78 is 16.5. The van der Waals surface area contributed by atoms with Crippen molar-refractivity contribution < 1.29 is 23.8 Å². The van der Waals surface area contributed by atoms with E-state index in [0.717, 1.165) is 19.4 Å². The average molecular weight is 437 g/mol. The third kappa shape index (κ3) is 4.21. The smallest absolute Gasteiger partial charge is 0.310 e. The number of fused-ring (bicyclic) bond motifs is 1. The molecule has 1 atom stereocenters. The summed E-state index contributed by atoms with van der Waals surface area (Å²) in [6.45, 7) is 3.86. The van der Waals surface area contributed by atoms with Crippen molar-refractivity contribution in [2.24, 2.45) is 5.92 Å². The van der Waals surface area contributed by atoms with Crippen LogP contribution in [0.25, 0.3) is 22.1 Å². The van der Waals surface area contributed by atoms with E-state index in [4.69, 9.17) is 13.9 Å². The van der Waals surface area contributed by atoms with E-state index in [2.05, 4.69) is 4.90 Å². The van der Waals surface area contributed by atoms with Gasteiger partial charge in [-0.3, -0.25) is 14.5 Å². The second-order valence-corrected chi connectivity index (χ2v) is 7.95. The van der Waals surface area contributed by atoms with Gasteiger partial charge in [0.2, 0.25) is 5.43 Å². The van der Waals surface area contributed by atoms with E-state index in [1.807, 2.05) is 18.2 Å². The van der Waals surface area contributed by atoms with Crippen molar-refractivity contribution >= 4 is 16.9 Å². The number of hydrogen-bond donors (Lipinski definition) is 1. The number of aromatic hydroxyl groups is 1. The molecule has 0 bridgehead atoms. The van der Waals surface area contributed by atoms with Crippen LogP contribution in [0.4, 0.5) is 0 Å². The third-order valence-corrected chi connectivity index (χ3v) is 5.92. The van der Waals surface area contributed by atoms with Gasteiger partial charge in [-0.15, -0.1) is 0 Å². The van der Waals surface area contributed by atoms with Gasteiger partial charge in [-0.2, -0.15) is 0 Å². The molecule has 7 heteroatoms. The number of phenolic OH excluding ortho intramolecular Hbond substituents is 1. The summed E-state index contributed by atoms with van der Waals surface area (Å²) >= 11 is 0. The molecule has 0 radical (unpaired) electrons. The van der Waals surface area contributed by atoms with Crippen LogP contribution in [0.3, 0.4) is 0 Å². The average Bonchev–Trinajstić information content (AvgIpc) is 2.81. The molecule has 1 fully saturated rings. The molecule has 3 aromatic rings. The zero-order chi connectivity index (χ0) is 22.7. The first-order valence-electron chi connectivity index (χ1n) is 10.8. The van der Waals surface area contributed by atoms with Crippen LogP contribution in [0.1, 0.15) is 25.3 Å². The first-order chi connectivity index (χ1) is 15.5. The maximum Gasteiger partial charge on any atom is 0.310 e. The molecule has 1 unspecified atom stereocenters. The van der Waals surface area contributed by atoms with E-state index in [1.165, 1.54) is 12.3 Å². The van der Waals surface area contributed by atoms with E-state index in [0.29, 0.717) is 53.1 Å². The Bertz CT molecular complexity index is 1180. The maximum absolute atomic E-state index is 13.3. The third-order valence-electron chi connectivity index (χ3n) is 5.92. The molecule has 7 nitrogen and oxygen atoms in total. The minimum atomic E-state index is -0.194. The van der Waals surface area contributed by atoms with E-state index in [-0.39, 0.29) is 23.1 Å². The van der Waals surface area contributed by atoms with Gasteiger partial charge in [0.05, 0.1) is 36.1 Å². The lowest BCUT2D eigenvalue weighted by atomic mass is 9.97. The largest absolute Gasteiger partial charge is 0.507 e. The number of esters is 1. The second kappa shape index (κ2) is 9.44. The van der Waals surface area contributed by atoms with Crippen molar-refractivity contribution in [2.75, 3.05) is 26.8 Å². The lowest BCUT2D eigenvalue weighted by molar-refractivity contribution is -0.150. The van der Waals surface area contributed by atoms with Gasteiger partial charge in [0, 0.05) is 18.7 Å². The summed E-state index contributed by atoms with van der Waals surface area (Å²) in [5.41, 5.74) is 1.74. The Balaban J connectivity index is 1.69. The van der Waals surface area contributed by atoms with Gasteiger partial charge in [0.15, 0.2) is 0 Å².